The van der Waals surface area contributed by atoms with Gasteiger partial charge in [0.15, 0.2) is 0 Å². The summed E-state index contributed by atoms with van der Waals surface area (Å²) in [4.78, 5) is 16.4. The Kier molecular flexibility index (Phi) is 5.42. The van der Waals surface area contributed by atoms with Crippen molar-refractivity contribution in [1.82, 2.24) is 4.98 Å². The molecule has 21 heavy (non-hydrogen) atoms. The lowest BCUT2D eigenvalue weighted by Crippen LogP contribution is -2.14. The smallest absolute Gasteiger partial charge is 0.257 e. The first kappa shape index (κ1) is 15.6. The average Bonchev–Trinajstić information content (AvgIpc) is 2.48. The van der Waals surface area contributed by atoms with Gasteiger partial charge in [0.1, 0.15) is 5.82 Å². The molecule has 0 saturated heterocycles. The van der Waals surface area contributed by atoms with E-state index in [1.807, 2.05) is 6.92 Å². The van der Waals surface area contributed by atoms with Crippen molar-refractivity contribution in [2.45, 2.75) is 13.3 Å². The molecule has 2 aromatic rings. The van der Waals surface area contributed by atoms with Crippen LogP contribution in [0.3, 0.4) is 0 Å². The number of rotatable bonds is 5. The topological polar surface area (TPSA) is 54.0 Å². The van der Waals surface area contributed by atoms with E-state index in [9.17, 15) is 4.79 Å². The van der Waals surface area contributed by atoms with Gasteiger partial charge in [-0.05, 0) is 24.6 Å². The fourth-order valence-electron chi connectivity index (χ4n) is 1.71. The first-order valence-electron chi connectivity index (χ1n) is 6.57. The number of carbonyl (C=O) groups excluding carboxylic acids is 1. The molecule has 0 aliphatic carbocycles. The molecule has 1 amide bonds. The van der Waals surface area contributed by atoms with Crippen LogP contribution in [0, 0.1) is 0 Å². The van der Waals surface area contributed by atoms with Crippen LogP contribution in [0.15, 0.2) is 36.5 Å². The second-order valence-corrected chi connectivity index (χ2v) is 5.22. The summed E-state index contributed by atoms with van der Waals surface area (Å²) in [5, 5.41) is 6.62. The minimum absolute atomic E-state index is 0.293. The Morgan fingerprint density at radius 1 is 1.24 bits per heavy atom. The number of hydrogen-bond donors (Lipinski definition) is 2. The van der Waals surface area contributed by atoms with E-state index in [-0.39, 0.29) is 5.91 Å². The quantitative estimate of drug-likeness (QED) is 0.853. The molecule has 1 heterocycles. The molecule has 0 aliphatic rings. The van der Waals surface area contributed by atoms with E-state index >= 15 is 0 Å². The van der Waals surface area contributed by atoms with Gasteiger partial charge in [0.05, 0.1) is 21.3 Å². The number of amides is 1. The number of anilines is 2. The second-order valence-electron chi connectivity index (χ2n) is 4.41. The first-order valence-corrected chi connectivity index (χ1v) is 7.32. The third-order valence-corrected chi connectivity index (χ3v) is 3.41. The predicted octanol–water partition coefficient (Wildman–Crippen LogP) is 4.46. The fraction of sp³-hybridized carbons (Fsp3) is 0.200. The van der Waals surface area contributed by atoms with Crippen LogP contribution < -0.4 is 10.6 Å². The van der Waals surface area contributed by atoms with Crippen molar-refractivity contribution in [3.05, 3.63) is 52.1 Å². The number of nitrogens with zero attached hydrogens (tertiary/aromatic N) is 1. The van der Waals surface area contributed by atoms with Crippen molar-refractivity contribution < 1.29 is 4.79 Å². The summed E-state index contributed by atoms with van der Waals surface area (Å²) in [5.74, 6) is 0.292. The molecule has 110 valence electrons. The predicted molar refractivity (Wildman–Crippen MR) is 87.4 cm³/mol. The standard InChI is InChI=1S/C15H15Cl2N3O/c1-2-7-18-14-8-10(12(17)9-19-14)15(21)20-13-6-4-3-5-11(13)16/h3-6,8-9H,2,7H2,1H3,(H,18,19)(H,20,21). The van der Waals surface area contributed by atoms with Crippen LogP contribution in [0.4, 0.5) is 11.5 Å². The van der Waals surface area contributed by atoms with Crippen LogP contribution in [0.2, 0.25) is 10.0 Å². The molecular weight excluding hydrogens is 309 g/mol. The van der Waals surface area contributed by atoms with E-state index in [0.717, 1.165) is 13.0 Å². The summed E-state index contributed by atoms with van der Waals surface area (Å²) >= 11 is 12.1. The number of nitrogens with one attached hydrogen (secondary N) is 2. The maximum Gasteiger partial charge on any atom is 0.257 e. The number of carbonyl (C=O) groups is 1. The average molecular weight is 324 g/mol. The number of pyridine rings is 1. The van der Waals surface area contributed by atoms with Crippen LogP contribution >= 0.6 is 23.2 Å². The molecule has 2 N–H and O–H groups in total. The Labute approximate surface area is 133 Å². The zero-order chi connectivity index (χ0) is 15.2. The van der Waals surface area contributed by atoms with Crippen molar-refractivity contribution in [3.8, 4) is 0 Å². The Hall–Kier alpha value is -1.78. The zero-order valence-electron chi connectivity index (χ0n) is 11.5. The lowest BCUT2D eigenvalue weighted by molar-refractivity contribution is 0.102. The van der Waals surface area contributed by atoms with E-state index in [1.54, 1.807) is 30.3 Å². The van der Waals surface area contributed by atoms with Gasteiger partial charge in [-0.15, -0.1) is 0 Å². The van der Waals surface area contributed by atoms with E-state index < -0.39 is 0 Å². The Morgan fingerprint density at radius 2 is 2.00 bits per heavy atom. The van der Waals surface area contributed by atoms with Gasteiger partial charge in [0.2, 0.25) is 0 Å². The minimum Gasteiger partial charge on any atom is -0.370 e. The molecule has 4 nitrogen and oxygen atoms in total. The van der Waals surface area contributed by atoms with E-state index in [0.29, 0.717) is 27.1 Å². The molecule has 0 atom stereocenters. The SMILES string of the molecule is CCCNc1cc(C(=O)Nc2ccccc2Cl)c(Cl)cn1. The number of hydrogen-bond acceptors (Lipinski definition) is 3. The summed E-state index contributed by atoms with van der Waals surface area (Å²) in [6.45, 7) is 2.83. The Bertz CT molecular complexity index is 647. The zero-order valence-corrected chi connectivity index (χ0v) is 13.0. The van der Waals surface area contributed by atoms with Crippen LogP contribution in [0.5, 0.6) is 0 Å². The van der Waals surface area contributed by atoms with Crippen LogP contribution in [0.25, 0.3) is 0 Å². The monoisotopic (exact) mass is 323 g/mol. The number of para-hydroxylation sites is 1. The molecule has 0 spiro atoms. The molecule has 2 rings (SSSR count). The minimum atomic E-state index is -0.324. The third-order valence-electron chi connectivity index (χ3n) is 2.78. The molecule has 1 aromatic carbocycles. The second kappa shape index (κ2) is 7.29. The molecule has 0 saturated carbocycles. The van der Waals surface area contributed by atoms with Gasteiger partial charge in [0, 0.05) is 12.7 Å². The number of halogens is 2. The highest BCUT2D eigenvalue weighted by molar-refractivity contribution is 6.35. The maximum atomic E-state index is 12.3. The molecule has 0 bridgehead atoms. The van der Waals surface area contributed by atoms with Gasteiger partial charge in [-0.3, -0.25) is 4.79 Å². The number of benzene rings is 1. The fourth-order valence-corrected chi connectivity index (χ4v) is 2.09. The van der Waals surface area contributed by atoms with E-state index in [1.165, 1.54) is 6.20 Å². The lowest BCUT2D eigenvalue weighted by Gasteiger charge is -2.10. The molecule has 0 fully saturated rings. The Balaban J connectivity index is 2.20. The molecule has 6 heteroatoms. The van der Waals surface area contributed by atoms with Crippen molar-refractivity contribution in [1.29, 1.82) is 0 Å². The van der Waals surface area contributed by atoms with Crippen molar-refractivity contribution >= 4 is 40.6 Å². The Morgan fingerprint density at radius 3 is 2.71 bits per heavy atom. The van der Waals surface area contributed by atoms with Crippen LogP contribution in [-0.4, -0.2) is 17.4 Å². The molecule has 0 unspecified atom stereocenters. The normalized spacial score (nSPS) is 10.2. The van der Waals surface area contributed by atoms with E-state index in [2.05, 4.69) is 15.6 Å². The van der Waals surface area contributed by atoms with Crippen LogP contribution in [-0.2, 0) is 0 Å². The largest absolute Gasteiger partial charge is 0.370 e. The summed E-state index contributed by atoms with van der Waals surface area (Å²) in [5.41, 5.74) is 0.894. The van der Waals surface area contributed by atoms with Crippen molar-refractivity contribution in [2.24, 2.45) is 0 Å². The van der Waals surface area contributed by atoms with Gasteiger partial charge in [-0.2, -0.15) is 0 Å². The number of aromatic nitrogens is 1. The first-order chi connectivity index (χ1) is 10.1. The van der Waals surface area contributed by atoms with Crippen molar-refractivity contribution in [3.63, 3.8) is 0 Å². The van der Waals surface area contributed by atoms with Gasteiger partial charge < -0.3 is 10.6 Å². The van der Waals surface area contributed by atoms with Gasteiger partial charge in [0.25, 0.3) is 5.91 Å². The molecule has 0 radical (unpaired) electrons. The van der Waals surface area contributed by atoms with Crippen molar-refractivity contribution in [2.75, 3.05) is 17.2 Å². The van der Waals surface area contributed by atoms with Crippen LogP contribution in [0.1, 0.15) is 23.7 Å². The summed E-state index contributed by atoms with van der Waals surface area (Å²) in [6.07, 6.45) is 2.42. The van der Waals surface area contributed by atoms with Gasteiger partial charge in [-0.25, -0.2) is 4.98 Å². The third kappa shape index (κ3) is 4.09. The summed E-state index contributed by atoms with van der Waals surface area (Å²) in [7, 11) is 0. The van der Waals surface area contributed by atoms with E-state index in [4.69, 9.17) is 23.2 Å². The summed E-state index contributed by atoms with van der Waals surface area (Å²) in [6, 6.07) is 8.66. The highest BCUT2D eigenvalue weighted by atomic mass is 35.5. The summed E-state index contributed by atoms with van der Waals surface area (Å²) < 4.78 is 0. The molecular formula is C15H15Cl2N3O. The highest BCUT2D eigenvalue weighted by Gasteiger charge is 2.13. The van der Waals surface area contributed by atoms with Gasteiger partial charge >= 0.3 is 0 Å². The molecule has 0 aliphatic heterocycles. The molecule has 1 aromatic heterocycles. The van der Waals surface area contributed by atoms with Gasteiger partial charge in [-0.1, -0.05) is 42.3 Å². The highest BCUT2D eigenvalue weighted by Crippen LogP contribution is 2.23. The lowest BCUT2D eigenvalue weighted by atomic mass is 10.2. The maximum absolute atomic E-state index is 12.3.